The van der Waals surface area contributed by atoms with Gasteiger partial charge in [-0.3, -0.25) is 9.59 Å². The summed E-state index contributed by atoms with van der Waals surface area (Å²) in [6.07, 6.45) is 3.74. The molecular weight excluding hydrogens is 313 g/mol. The molecule has 0 unspecified atom stereocenters. The molecule has 2 N–H and O–H groups in total. The number of aromatic nitrogens is 2. The van der Waals surface area contributed by atoms with E-state index in [1.807, 2.05) is 5.32 Å². The minimum Gasteiger partial charge on any atom is -0.347 e. The van der Waals surface area contributed by atoms with Gasteiger partial charge in [0, 0.05) is 50.2 Å². The molecule has 0 saturated heterocycles. The van der Waals surface area contributed by atoms with Crippen molar-refractivity contribution in [2.75, 3.05) is 11.9 Å². The maximum absolute atomic E-state index is 13.0. The quantitative estimate of drug-likeness (QED) is 0.653. The van der Waals surface area contributed by atoms with Gasteiger partial charge >= 0.3 is 11.8 Å². The lowest BCUT2D eigenvalue weighted by atomic mass is 10.3. The third kappa shape index (κ3) is 4.09. The smallest absolute Gasteiger partial charge is 0.313 e. The van der Waals surface area contributed by atoms with E-state index in [1.54, 1.807) is 24.0 Å². The van der Waals surface area contributed by atoms with Crippen LogP contribution in [0.4, 0.5) is 18.9 Å². The van der Waals surface area contributed by atoms with E-state index in [0.29, 0.717) is 24.4 Å². The first kappa shape index (κ1) is 16.5. The molecule has 0 spiro atoms. The van der Waals surface area contributed by atoms with E-state index in [9.17, 15) is 22.8 Å². The lowest BCUT2D eigenvalue weighted by molar-refractivity contribution is -0.136. The van der Waals surface area contributed by atoms with E-state index in [-0.39, 0.29) is 12.2 Å². The molecule has 2 amide bonds. The van der Waals surface area contributed by atoms with Gasteiger partial charge in [-0.2, -0.15) is 0 Å². The van der Waals surface area contributed by atoms with Crippen molar-refractivity contribution in [1.82, 2.24) is 14.9 Å². The van der Waals surface area contributed by atoms with Crippen LogP contribution < -0.4 is 10.6 Å². The van der Waals surface area contributed by atoms with Crippen LogP contribution in [0, 0.1) is 17.5 Å². The van der Waals surface area contributed by atoms with E-state index in [2.05, 4.69) is 10.3 Å². The average Bonchev–Trinajstić information content (AvgIpc) is 2.90. The molecule has 1 aromatic heterocycles. The molecule has 23 heavy (non-hydrogen) atoms. The van der Waals surface area contributed by atoms with E-state index in [4.69, 9.17) is 0 Å². The van der Waals surface area contributed by atoms with Crippen LogP contribution >= 0.6 is 0 Å². The number of imidazole rings is 1. The number of nitrogens with one attached hydrogen (secondary N) is 2. The van der Waals surface area contributed by atoms with Crippen molar-refractivity contribution in [2.45, 2.75) is 6.42 Å². The maximum Gasteiger partial charge on any atom is 0.313 e. The normalized spacial score (nSPS) is 10.4. The number of aryl methyl sites for hydroxylation is 1. The predicted octanol–water partition coefficient (Wildman–Crippen LogP) is 1.13. The Morgan fingerprint density at radius 1 is 1.17 bits per heavy atom. The number of hydrogen-bond acceptors (Lipinski definition) is 3. The Labute approximate surface area is 129 Å². The molecule has 122 valence electrons. The molecule has 6 nitrogen and oxygen atoms in total. The number of carbonyl (C=O) groups is 2. The van der Waals surface area contributed by atoms with Crippen molar-refractivity contribution < 1.29 is 22.8 Å². The molecule has 9 heteroatoms. The first-order valence-corrected chi connectivity index (χ1v) is 6.58. The molecule has 2 aromatic rings. The number of amides is 2. The van der Waals surface area contributed by atoms with Crippen molar-refractivity contribution in [3.8, 4) is 0 Å². The van der Waals surface area contributed by atoms with E-state index in [0.717, 1.165) is 0 Å². The second kappa shape index (κ2) is 6.95. The lowest BCUT2D eigenvalue weighted by Gasteiger charge is -2.07. The minimum atomic E-state index is -1.65. The summed E-state index contributed by atoms with van der Waals surface area (Å²) < 4.78 is 40.6. The number of anilines is 1. The van der Waals surface area contributed by atoms with Gasteiger partial charge in [-0.15, -0.1) is 0 Å². The Morgan fingerprint density at radius 2 is 1.83 bits per heavy atom. The van der Waals surface area contributed by atoms with Crippen molar-refractivity contribution in [2.24, 2.45) is 7.05 Å². The van der Waals surface area contributed by atoms with Crippen LogP contribution in [0.5, 0.6) is 0 Å². The first-order valence-electron chi connectivity index (χ1n) is 6.58. The molecule has 0 radical (unpaired) electrons. The van der Waals surface area contributed by atoms with Gasteiger partial charge in [-0.05, 0) is 0 Å². The zero-order valence-corrected chi connectivity index (χ0v) is 12.1. The Hall–Kier alpha value is -2.84. The number of rotatable bonds is 4. The molecule has 0 aliphatic rings. The zero-order chi connectivity index (χ0) is 17.0. The molecule has 1 heterocycles. The topological polar surface area (TPSA) is 76.0 Å². The van der Waals surface area contributed by atoms with Crippen molar-refractivity contribution in [3.63, 3.8) is 0 Å². The summed E-state index contributed by atoms with van der Waals surface area (Å²) in [6.45, 7) is 0.156. The summed E-state index contributed by atoms with van der Waals surface area (Å²) in [7, 11) is 1.79. The summed E-state index contributed by atoms with van der Waals surface area (Å²) >= 11 is 0. The molecule has 0 saturated carbocycles. The van der Waals surface area contributed by atoms with Crippen LogP contribution in [-0.4, -0.2) is 27.9 Å². The standard InChI is InChI=1S/C14H13F3N4O2/c1-21-5-4-18-11(21)2-3-19-13(22)14(23)20-8-6-9(15)12(17)10(16)7-8/h4-7H,2-3H2,1H3,(H,19,22)(H,20,23). The summed E-state index contributed by atoms with van der Waals surface area (Å²) in [5, 5.41) is 4.33. The molecule has 1 aromatic carbocycles. The number of halogens is 3. The highest BCUT2D eigenvalue weighted by atomic mass is 19.2. The summed E-state index contributed by atoms with van der Waals surface area (Å²) in [5.74, 6) is -5.96. The fourth-order valence-electron chi connectivity index (χ4n) is 1.82. The van der Waals surface area contributed by atoms with Gasteiger partial charge in [0.1, 0.15) is 5.82 Å². The predicted molar refractivity (Wildman–Crippen MR) is 74.9 cm³/mol. The van der Waals surface area contributed by atoms with Crippen LogP contribution in [0.2, 0.25) is 0 Å². The maximum atomic E-state index is 13.0. The third-order valence-electron chi connectivity index (χ3n) is 3.00. The second-order valence-electron chi connectivity index (χ2n) is 4.67. The molecule has 0 aliphatic carbocycles. The highest BCUT2D eigenvalue weighted by Gasteiger charge is 2.16. The van der Waals surface area contributed by atoms with E-state index >= 15 is 0 Å². The van der Waals surface area contributed by atoms with Gasteiger partial charge in [-0.1, -0.05) is 0 Å². The largest absolute Gasteiger partial charge is 0.347 e. The Kier molecular flexibility index (Phi) is 4.99. The van der Waals surface area contributed by atoms with Crippen molar-refractivity contribution in [3.05, 3.63) is 47.8 Å². The van der Waals surface area contributed by atoms with Crippen molar-refractivity contribution >= 4 is 17.5 Å². The highest BCUT2D eigenvalue weighted by Crippen LogP contribution is 2.17. The number of carbonyl (C=O) groups excluding carboxylic acids is 2. The summed E-state index contributed by atoms with van der Waals surface area (Å²) in [5.41, 5.74) is -0.356. The second-order valence-corrected chi connectivity index (χ2v) is 4.67. The van der Waals surface area contributed by atoms with Gasteiger partial charge in [0.05, 0.1) is 0 Å². The fraction of sp³-hybridized carbons (Fsp3) is 0.214. The Balaban J connectivity index is 1.88. The van der Waals surface area contributed by atoms with Crippen LogP contribution in [0.3, 0.4) is 0 Å². The third-order valence-corrected chi connectivity index (χ3v) is 3.00. The average molecular weight is 326 g/mol. The zero-order valence-electron chi connectivity index (χ0n) is 12.1. The lowest BCUT2D eigenvalue weighted by Crippen LogP contribution is -2.36. The summed E-state index contributed by atoms with van der Waals surface area (Å²) in [6, 6.07) is 1.16. The monoisotopic (exact) mass is 326 g/mol. The number of benzene rings is 1. The molecule has 0 bridgehead atoms. The fourth-order valence-corrected chi connectivity index (χ4v) is 1.82. The van der Waals surface area contributed by atoms with Crippen LogP contribution in [0.15, 0.2) is 24.5 Å². The van der Waals surface area contributed by atoms with E-state index < -0.39 is 29.3 Å². The SMILES string of the molecule is Cn1ccnc1CCNC(=O)C(=O)Nc1cc(F)c(F)c(F)c1. The molecule has 0 atom stereocenters. The Morgan fingerprint density at radius 3 is 2.39 bits per heavy atom. The van der Waals surface area contributed by atoms with Crippen molar-refractivity contribution in [1.29, 1.82) is 0 Å². The van der Waals surface area contributed by atoms with Gasteiger partial charge in [0.25, 0.3) is 0 Å². The van der Waals surface area contributed by atoms with Gasteiger partial charge in [0.2, 0.25) is 0 Å². The van der Waals surface area contributed by atoms with Crippen LogP contribution in [0.25, 0.3) is 0 Å². The van der Waals surface area contributed by atoms with Crippen LogP contribution in [-0.2, 0) is 23.1 Å². The number of nitrogens with zero attached hydrogens (tertiary/aromatic N) is 2. The summed E-state index contributed by atoms with van der Waals surface area (Å²) in [4.78, 5) is 27.2. The molecule has 2 rings (SSSR count). The van der Waals surface area contributed by atoms with Crippen LogP contribution in [0.1, 0.15) is 5.82 Å². The van der Waals surface area contributed by atoms with E-state index in [1.165, 1.54) is 0 Å². The first-order chi connectivity index (χ1) is 10.9. The minimum absolute atomic E-state index is 0.156. The number of hydrogen-bond donors (Lipinski definition) is 2. The van der Waals surface area contributed by atoms with Gasteiger partial charge in [0.15, 0.2) is 17.5 Å². The highest BCUT2D eigenvalue weighted by molar-refractivity contribution is 6.39. The molecule has 0 aliphatic heterocycles. The molecule has 0 fully saturated rings. The van der Waals surface area contributed by atoms with Gasteiger partial charge in [-0.25, -0.2) is 18.2 Å². The Bertz CT molecular complexity index is 722. The molecular formula is C14H13F3N4O2. The van der Waals surface area contributed by atoms with Gasteiger partial charge < -0.3 is 15.2 Å².